The highest BCUT2D eigenvalue weighted by Gasteiger charge is 2.35. The minimum absolute atomic E-state index is 0.0540. The zero-order valence-electron chi connectivity index (χ0n) is 10.9. The van der Waals surface area contributed by atoms with Gasteiger partial charge in [-0.15, -0.1) is 11.6 Å². The van der Waals surface area contributed by atoms with Crippen molar-refractivity contribution >= 4 is 33.3 Å². The van der Waals surface area contributed by atoms with Crippen LogP contribution in [0.4, 0.5) is 0 Å². The van der Waals surface area contributed by atoms with Crippen molar-refractivity contribution in [2.75, 3.05) is 30.5 Å². The third kappa shape index (κ3) is 4.65. The molecule has 1 atom stereocenters. The first kappa shape index (κ1) is 16.2. The Bertz CT molecular complexity index is 438. The van der Waals surface area contributed by atoms with Gasteiger partial charge in [-0.3, -0.25) is 9.59 Å². The number of carbonyl (C=O) groups is 2. The van der Waals surface area contributed by atoms with Gasteiger partial charge in [-0.2, -0.15) is 0 Å². The van der Waals surface area contributed by atoms with Gasteiger partial charge in [0.1, 0.15) is 0 Å². The van der Waals surface area contributed by atoms with Crippen molar-refractivity contribution in [2.24, 2.45) is 0 Å². The number of sulfone groups is 1. The SMILES string of the molecule is CCN(C(=O)C(=O)NCCCCl)C1CCS(=O)(=O)C1. The van der Waals surface area contributed by atoms with Crippen LogP contribution in [0.3, 0.4) is 0 Å². The summed E-state index contributed by atoms with van der Waals surface area (Å²) in [5, 5.41) is 2.48. The molecule has 0 aliphatic carbocycles. The standard InChI is InChI=1S/C11H19ClN2O4S/c1-2-14(9-4-7-19(17,18)8-9)11(16)10(15)13-6-3-5-12/h9H,2-8H2,1H3,(H,13,15). The number of hydrogen-bond donors (Lipinski definition) is 1. The fraction of sp³-hybridized carbons (Fsp3) is 0.818. The van der Waals surface area contributed by atoms with Crippen LogP contribution in [0, 0.1) is 0 Å². The lowest BCUT2D eigenvalue weighted by Gasteiger charge is -2.26. The van der Waals surface area contributed by atoms with Crippen molar-refractivity contribution in [3.05, 3.63) is 0 Å². The summed E-state index contributed by atoms with van der Waals surface area (Å²) in [6.45, 7) is 2.39. The summed E-state index contributed by atoms with van der Waals surface area (Å²) in [5.41, 5.74) is 0. The maximum Gasteiger partial charge on any atom is 0.312 e. The molecule has 1 fully saturated rings. The van der Waals surface area contributed by atoms with Gasteiger partial charge in [0.05, 0.1) is 11.5 Å². The molecule has 0 aromatic heterocycles. The molecule has 2 amide bonds. The van der Waals surface area contributed by atoms with E-state index in [1.807, 2.05) is 0 Å². The smallest absolute Gasteiger partial charge is 0.312 e. The van der Waals surface area contributed by atoms with Crippen LogP contribution >= 0.6 is 11.6 Å². The number of nitrogens with one attached hydrogen (secondary N) is 1. The average Bonchev–Trinajstić information content (AvgIpc) is 2.70. The van der Waals surface area contributed by atoms with Crippen molar-refractivity contribution in [1.82, 2.24) is 10.2 Å². The van der Waals surface area contributed by atoms with Gasteiger partial charge in [0.2, 0.25) is 0 Å². The minimum atomic E-state index is -3.07. The highest BCUT2D eigenvalue weighted by molar-refractivity contribution is 7.91. The molecule has 0 saturated carbocycles. The molecule has 1 N–H and O–H groups in total. The molecular formula is C11H19ClN2O4S. The topological polar surface area (TPSA) is 83.6 Å². The molecule has 110 valence electrons. The second-order valence-electron chi connectivity index (χ2n) is 4.45. The number of alkyl halides is 1. The molecule has 1 aliphatic heterocycles. The van der Waals surface area contributed by atoms with E-state index in [9.17, 15) is 18.0 Å². The van der Waals surface area contributed by atoms with Crippen LogP contribution in [-0.2, 0) is 19.4 Å². The summed E-state index contributed by atoms with van der Waals surface area (Å²) >= 11 is 5.48. The number of hydrogen-bond acceptors (Lipinski definition) is 4. The Labute approximate surface area is 118 Å². The van der Waals surface area contributed by atoms with E-state index in [1.165, 1.54) is 4.90 Å². The molecule has 1 saturated heterocycles. The molecule has 0 aromatic rings. The van der Waals surface area contributed by atoms with E-state index in [0.717, 1.165) is 0 Å². The van der Waals surface area contributed by atoms with Gasteiger partial charge >= 0.3 is 11.8 Å². The van der Waals surface area contributed by atoms with E-state index >= 15 is 0 Å². The monoisotopic (exact) mass is 310 g/mol. The number of carbonyl (C=O) groups excluding carboxylic acids is 2. The quantitative estimate of drug-likeness (QED) is 0.432. The third-order valence-corrected chi connectivity index (χ3v) is 5.06. The second kappa shape index (κ2) is 7.09. The summed E-state index contributed by atoms with van der Waals surface area (Å²) in [6, 6.07) is -0.388. The van der Waals surface area contributed by atoms with Crippen molar-refractivity contribution in [2.45, 2.75) is 25.8 Å². The van der Waals surface area contributed by atoms with E-state index in [1.54, 1.807) is 6.92 Å². The van der Waals surface area contributed by atoms with Gasteiger partial charge in [0.15, 0.2) is 9.84 Å². The molecule has 1 aliphatic rings. The maximum absolute atomic E-state index is 12.0. The second-order valence-corrected chi connectivity index (χ2v) is 7.05. The van der Waals surface area contributed by atoms with Gasteiger partial charge in [0.25, 0.3) is 0 Å². The Morgan fingerprint density at radius 2 is 2.11 bits per heavy atom. The van der Waals surface area contributed by atoms with Crippen molar-refractivity contribution in [3.63, 3.8) is 0 Å². The normalized spacial score (nSPS) is 21.1. The first-order valence-electron chi connectivity index (χ1n) is 6.26. The lowest BCUT2D eigenvalue weighted by atomic mass is 10.2. The molecule has 0 bridgehead atoms. The lowest BCUT2D eigenvalue weighted by molar-refractivity contribution is -0.146. The van der Waals surface area contributed by atoms with E-state index in [2.05, 4.69) is 5.32 Å². The van der Waals surface area contributed by atoms with Crippen molar-refractivity contribution < 1.29 is 18.0 Å². The first-order valence-corrected chi connectivity index (χ1v) is 8.62. The summed E-state index contributed by atoms with van der Waals surface area (Å²) in [6.07, 6.45) is 0.987. The Balaban J connectivity index is 2.59. The number of halogens is 1. The van der Waals surface area contributed by atoms with Gasteiger partial charge < -0.3 is 10.2 Å². The van der Waals surface area contributed by atoms with Crippen LogP contribution < -0.4 is 5.32 Å². The summed E-state index contributed by atoms with van der Waals surface area (Å²) < 4.78 is 22.8. The zero-order chi connectivity index (χ0) is 14.5. The number of amides is 2. The fourth-order valence-corrected chi connectivity index (χ4v) is 3.93. The number of likely N-dealkylation sites (N-methyl/N-ethyl adjacent to an activating group) is 1. The van der Waals surface area contributed by atoms with Gasteiger partial charge in [0, 0.05) is 25.0 Å². The van der Waals surface area contributed by atoms with Crippen LogP contribution in [0.15, 0.2) is 0 Å². The predicted molar refractivity (Wildman–Crippen MR) is 72.8 cm³/mol. The summed E-state index contributed by atoms with van der Waals surface area (Å²) in [5.74, 6) is -0.931. The van der Waals surface area contributed by atoms with E-state index < -0.39 is 21.7 Å². The van der Waals surface area contributed by atoms with E-state index in [-0.39, 0.29) is 17.5 Å². The zero-order valence-corrected chi connectivity index (χ0v) is 12.5. The van der Waals surface area contributed by atoms with Gasteiger partial charge in [-0.25, -0.2) is 8.42 Å². The molecule has 8 heteroatoms. The summed E-state index contributed by atoms with van der Waals surface area (Å²) in [4.78, 5) is 24.9. The Hall–Kier alpha value is -0.820. The van der Waals surface area contributed by atoms with Crippen LogP contribution in [0.2, 0.25) is 0 Å². The molecule has 1 heterocycles. The average molecular weight is 311 g/mol. The molecule has 6 nitrogen and oxygen atoms in total. The van der Waals surface area contributed by atoms with Crippen LogP contribution in [0.1, 0.15) is 19.8 Å². The van der Waals surface area contributed by atoms with Crippen LogP contribution in [0.25, 0.3) is 0 Å². The Morgan fingerprint density at radius 1 is 1.42 bits per heavy atom. The molecular weight excluding hydrogens is 292 g/mol. The van der Waals surface area contributed by atoms with E-state index in [4.69, 9.17) is 11.6 Å². The fourth-order valence-electron chi connectivity index (χ4n) is 2.06. The summed E-state index contributed by atoms with van der Waals surface area (Å²) in [7, 11) is -3.07. The molecule has 0 spiro atoms. The number of nitrogens with zero attached hydrogens (tertiary/aromatic N) is 1. The van der Waals surface area contributed by atoms with Crippen LogP contribution in [0.5, 0.6) is 0 Å². The maximum atomic E-state index is 12.0. The van der Waals surface area contributed by atoms with Crippen LogP contribution in [-0.4, -0.2) is 61.6 Å². The highest BCUT2D eigenvalue weighted by atomic mass is 35.5. The van der Waals surface area contributed by atoms with Crippen molar-refractivity contribution in [3.8, 4) is 0 Å². The molecule has 0 aromatic carbocycles. The molecule has 19 heavy (non-hydrogen) atoms. The Morgan fingerprint density at radius 3 is 2.58 bits per heavy atom. The molecule has 0 radical (unpaired) electrons. The van der Waals surface area contributed by atoms with Gasteiger partial charge in [-0.1, -0.05) is 0 Å². The highest BCUT2D eigenvalue weighted by Crippen LogP contribution is 2.17. The van der Waals surface area contributed by atoms with Gasteiger partial charge in [-0.05, 0) is 19.8 Å². The predicted octanol–water partition coefficient (Wildman–Crippen LogP) is -0.233. The first-order chi connectivity index (χ1) is 8.91. The number of rotatable bonds is 5. The molecule has 1 unspecified atom stereocenters. The van der Waals surface area contributed by atoms with Crippen molar-refractivity contribution in [1.29, 1.82) is 0 Å². The third-order valence-electron chi connectivity index (χ3n) is 3.04. The Kier molecular flexibility index (Phi) is 6.06. The minimum Gasteiger partial charge on any atom is -0.348 e. The lowest BCUT2D eigenvalue weighted by Crippen LogP contribution is -2.48. The van der Waals surface area contributed by atoms with E-state index in [0.29, 0.717) is 31.8 Å². The molecule has 1 rings (SSSR count). The largest absolute Gasteiger partial charge is 0.348 e.